The molecule has 4 aliphatic heterocycles. The number of rotatable bonds is 32. The number of hydrogen-bond donors (Lipinski definition) is 0. The molecule has 0 saturated carbocycles. The molecule has 0 spiro atoms. The molecule has 2 aromatic carbocycles. The number of thioether (sulfide) groups is 1. The van der Waals surface area contributed by atoms with Crippen molar-refractivity contribution in [1.29, 1.82) is 0 Å². The Morgan fingerprint density at radius 2 is 1.13 bits per heavy atom. The molecule has 4 aliphatic rings. The number of ether oxygens (including phenoxy) is 10. The van der Waals surface area contributed by atoms with Gasteiger partial charge in [0.15, 0.2) is 23.0 Å². The van der Waals surface area contributed by atoms with Crippen molar-refractivity contribution in [2.75, 3.05) is 133 Å². The highest BCUT2D eigenvalue weighted by Gasteiger charge is 2.36. The van der Waals surface area contributed by atoms with E-state index < -0.39 is 0 Å². The summed E-state index contributed by atoms with van der Waals surface area (Å²) in [7, 11) is 8.22. The van der Waals surface area contributed by atoms with Crippen LogP contribution in [0.4, 0.5) is 11.4 Å². The van der Waals surface area contributed by atoms with Crippen LogP contribution in [-0.2, 0) is 46.5 Å². The predicted octanol–water partition coefficient (Wildman–Crippen LogP) is 7.95. The van der Waals surface area contributed by atoms with Crippen molar-refractivity contribution in [1.82, 2.24) is 24.6 Å². The summed E-state index contributed by atoms with van der Waals surface area (Å²) in [5.74, 6) is 1.90. The van der Waals surface area contributed by atoms with Gasteiger partial charge >= 0.3 is 5.97 Å². The zero-order valence-corrected chi connectivity index (χ0v) is 51.1. The summed E-state index contributed by atoms with van der Waals surface area (Å²) in [6, 6.07) is 10.2. The molecular weight excluding hydrogens is 1090 g/mol. The standard InChI is InChI=1S/C59H79N7O14S.C2H6/c1-10-40-24-44-32-60-49-30-53(51(71-7)28-47(49)57(69)65(44)34-40)79-36-42-26-46(27-43(62-42)37-80-54-31-50-48(29-52(54)72-8)58(70)66-35-41(11-2)25-45(66)33-61-50)78-17-13-63(5)39-59(3,4)81-38-55(67)64(6)14-16-75-19-21-77-23-22-76-20-18-74-15-12-56(68)73-9;1-2/h10-11,26-33,44-45H,12-25,34-39H2,1-9H3;1-2H3/b40-10+,41-11+;/t44-,45?;/m0./s1. The molecule has 7 rings (SSSR count). The maximum absolute atomic E-state index is 13.8. The number of fused-ring (bicyclic) bond motifs is 4. The van der Waals surface area contributed by atoms with E-state index >= 15 is 0 Å². The molecule has 0 bridgehead atoms. The zero-order chi connectivity index (χ0) is 59.9. The number of pyridine rings is 1. The van der Waals surface area contributed by atoms with Gasteiger partial charge in [-0.1, -0.05) is 37.1 Å². The highest BCUT2D eigenvalue weighted by molar-refractivity contribution is 8.01. The molecule has 3 aromatic rings. The van der Waals surface area contributed by atoms with Crippen LogP contribution in [0.3, 0.4) is 0 Å². The minimum atomic E-state index is -0.308. The lowest BCUT2D eigenvalue weighted by Gasteiger charge is -2.30. The molecule has 3 amide bonds. The first-order chi connectivity index (χ1) is 40.1. The zero-order valence-electron chi connectivity index (χ0n) is 50.3. The fraction of sp³-hybridized carbons (Fsp3) is 0.557. The topological polar surface area (TPSA) is 211 Å². The highest BCUT2D eigenvalue weighted by atomic mass is 32.2. The summed E-state index contributed by atoms with van der Waals surface area (Å²) in [6.45, 7) is 18.6. The van der Waals surface area contributed by atoms with Gasteiger partial charge in [-0.15, -0.1) is 11.8 Å². The molecule has 2 saturated heterocycles. The van der Waals surface area contributed by atoms with Crippen LogP contribution in [0.25, 0.3) is 0 Å². The average Bonchev–Trinajstić information content (AvgIpc) is 3.49. The molecule has 83 heavy (non-hydrogen) atoms. The maximum atomic E-state index is 13.8. The summed E-state index contributed by atoms with van der Waals surface area (Å²) in [4.78, 5) is 73.7. The summed E-state index contributed by atoms with van der Waals surface area (Å²) < 4.78 is 57.1. The van der Waals surface area contributed by atoms with Crippen molar-refractivity contribution >= 4 is 59.3 Å². The molecule has 21 nitrogen and oxygen atoms in total. The Morgan fingerprint density at radius 3 is 1.60 bits per heavy atom. The number of allylic oxidation sites excluding steroid dienone is 2. The number of aliphatic imine (C=N–C) groups is 2. The molecule has 1 aromatic heterocycles. The van der Waals surface area contributed by atoms with Gasteiger partial charge in [0.25, 0.3) is 11.8 Å². The van der Waals surface area contributed by atoms with Crippen molar-refractivity contribution in [2.45, 2.75) is 90.8 Å². The van der Waals surface area contributed by atoms with E-state index in [0.717, 1.165) is 12.8 Å². The van der Waals surface area contributed by atoms with E-state index in [-0.39, 0.29) is 60.2 Å². The third-order valence-corrected chi connectivity index (χ3v) is 15.4. The van der Waals surface area contributed by atoms with Crippen LogP contribution in [0.15, 0.2) is 69.7 Å². The minimum absolute atomic E-state index is 0.0152. The number of nitrogens with zero attached hydrogens (tertiary/aromatic N) is 7. The smallest absolute Gasteiger partial charge is 0.307 e. The Bertz CT molecular complexity index is 2650. The lowest BCUT2D eigenvalue weighted by molar-refractivity contribution is -0.142. The van der Waals surface area contributed by atoms with Gasteiger partial charge in [-0.25, -0.2) is 0 Å². The average molecular weight is 1170 g/mol. The molecule has 0 radical (unpaired) electrons. The molecule has 0 N–H and O–H groups in total. The van der Waals surface area contributed by atoms with E-state index in [9.17, 15) is 19.2 Å². The third kappa shape index (κ3) is 19.2. The summed E-state index contributed by atoms with van der Waals surface area (Å²) >= 11 is 1.60. The van der Waals surface area contributed by atoms with E-state index in [1.54, 1.807) is 48.0 Å². The fourth-order valence-corrected chi connectivity index (χ4v) is 10.5. The van der Waals surface area contributed by atoms with E-state index in [2.05, 4.69) is 35.6 Å². The van der Waals surface area contributed by atoms with Gasteiger partial charge in [-0.05, 0) is 59.7 Å². The molecule has 5 heterocycles. The Kier molecular flexibility index (Phi) is 26.1. The number of likely N-dealkylation sites (N-methyl/N-ethyl adjacent to an activating group) is 2. The lowest BCUT2D eigenvalue weighted by Crippen LogP contribution is -2.38. The summed E-state index contributed by atoms with van der Waals surface area (Å²) in [5, 5.41) is 0. The van der Waals surface area contributed by atoms with Crippen LogP contribution in [0, 0.1) is 0 Å². The van der Waals surface area contributed by atoms with Crippen LogP contribution >= 0.6 is 11.8 Å². The van der Waals surface area contributed by atoms with Crippen molar-refractivity contribution in [2.24, 2.45) is 9.98 Å². The van der Waals surface area contributed by atoms with Gasteiger partial charge < -0.3 is 67.0 Å². The number of hydrogen-bond acceptors (Lipinski definition) is 19. The molecular formula is C61H85N7O14S. The monoisotopic (exact) mass is 1170 g/mol. The lowest BCUT2D eigenvalue weighted by atomic mass is 10.1. The van der Waals surface area contributed by atoms with Crippen LogP contribution in [0.2, 0.25) is 0 Å². The van der Waals surface area contributed by atoms with Gasteiger partial charge in [0, 0.05) is 81.2 Å². The molecule has 2 atom stereocenters. The summed E-state index contributed by atoms with van der Waals surface area (Å²) in [6.07, 6.45) is 9.46. The number of aromatic nitrogens is 1. The Labute approximate surface area is 493 Å². The normalized spacial score (nSPS) is 17.1. The van der Waals surface area contributed by atoms with Crippen molar-refractivity contribution in [3.8, 4) is 28.7 Å². The van der Waals surface area contributed by atoms with E-state index in [4.69, 9.17) is 57.6 Å². The van der Waals surface area contributed by atoms with E-state index in [0.29, 0.717) is 161 Å². The molecule has 1 unspecified atom stereocenters. The van der Waals surface area contributed by atoms with Crippen LogP contribution < -0.4 is 23.7 Å². The Balaban J connectivity index is 0.00000547. The number of esters is 1. The fourth-order valence-electron chi connectivity index (χ4n) is 9.49. The van der Waals surface area contributed by atoms with Crippen LogP contribution in [0.5, 0.6) is 28.7 Å². The minimum Gasteiger partial charge on any atom is -0.493 e. The molecule has 454 valence electrons. The number of carbonyl (C=O) groups is 4. The first-order valence-electron chi connectivity index (χ1n) is 28.4. The van der Waals surface area contributed by atoms with Gasteiger partial charge in [0.05, 0.1) is 132 Å². The third-order valence-electron chi connectivity index (χ3n) is 14.1. The largest absolute Gasteiger partial charge is 0.493 e. The molecule has 2 fully saturated rings. The molecule has 0 aliphatic carbocycles. The number of methoxy groups -OCH3 is 3. The second-order valence-electron chi connectivity index (χ2n) is 20.5. The molecule has 22 heteroatoms. The van der Waals surface area contributed by atoms with Crippen LogP contribution in [0.1, 0.15) is 92.9 Å². The Hall–Kier alpha value is -6.56. The first kappa shape index (κ1) is 65.6. The predicted molar refractivity (Wildman–Crippen MR) is 320 cm³/mol. The Morgan fingerprint density at radius 1 is 0.651 bits per heavy atom. The second kappa shape index (κ2) is 33.1. The maximum Gasteiger partial charge on any atom is 0.307 e. The van der Waals surface area contributed by atoms with E-state index in [1.807, 2.05) is 69.1 Å². The van der Waals surface area contributed by atoms with Crippen LogP contribution in [-0.4, -0.2) is 211 Å². The second-order valence-corrected chi connectivity index (χ2v) is 22.2. The van der Waals surface area contributed by atoms with Crippen molar-refractivity contribution in [3.63, 3.8) is 0 Å². The van der Waals surface area contributed by atoms with Gasteiger partial charge in [-0.2, -0.15) is 0 Å². The number of benzene rings is 2. The number of carbonyl (C=O) groups excluding carboxylic acids is 4. The highest BCUT2D eigenvalue weighted by Crippen LogP contribution is 2.41. The van der Waals surface area contributed by atoms with Crippen molar-refractivity contribution < 1.29 is 66.5 Å². The van der Waals surface area contributed by atoms with Gasteiger partial charge in [-0.3, -0.25) is 34.1 Å². The summed E-state index contributed by atoms with van der Waals surface area (Å²) in [5.41, 5.74) is 5.34. The first-order valence-corrected chi connectivity index (χ1v) is 29.4. The quantitative estimate of drug-likeness (QED) is 0.0330. The van der Waals surface area contributed by atoms with Gasteiger partial charge in [0.2, 0.25) is 5.91 Å². The van der Waals surface area contributed by atoms with Gasteiger partial charge in [0.1, 0.15) is 25.6 Å². The van der Waals surface area contributed by atoms with Crippen molar-refractivity contribution in [3.05, 3.63) is 82.2 Å². The number of amides is 3. The SMILES string of the molecule is C/C=C1\CC2C=Nc3cc(OCc4cc(OCCN(C)CC(C)(C)SCC(=O)N(C)CCOCCOCCOCCOCCC(=O)OC)cc(COc5cc6c(cc5OC)C(=O)N5C/C(=C/C)C[C@H]5C=N6)n4)c(OC)cc3C(=O)N2C1.CC. The van der Waals surface area contributed by atoms with E-state index in [1.165, 1.54) is 32.5 Å².